The van der Waals surface area contributed by atoms with E-state index in [-0.39, 0.29) is 0 Å². The van der Waals surface area contributed by atoms with Gasteiger partial charge in [0, 0.05) is 29.3 Å². The third-order valence-electron chi connectivity index (χ3n) is 3.95. The minimum atomic E-state index is 0.685. The van der Waals surface area contributed by atoms with Crippen molar-refractivity contribution >= 4 is 21.6 Å². The van der Waals surface area contributed by atoms with Gasteiger partial charge in [0.15, 0.2) is 0 Å². The molecule has 1 aromatic carbocycles. The fourth-order valence-electron chi connectivity index (χ4n) is 2.91. The lowest BCUT2D eigenvalue weighted by Crippen LogP contribution is -2.48. The molecule has 106 valence electrons. The summed E-state index contributed by atoms with van der Waals surface area (Å²) in [6, 6.07) is 7.38. The van der Waals surface area contributed by atoms with Crippen LogP contribution in [0.25, 0.3) is 0 Å². The molecule has 0 aromatic heterocycles. The number of aryl methyl sites for hydroxylation is 1. The van der Waals surface area contributed by atoms with Crippen molar-refractivity contribution in [1.29, 1.82) is 0 Å². The summed E-state index contributed by atoms with van der Waals surface area (Å²) in [4.78, 5) is 2.52. The van der Waals surface area contributed by atoms with Crippen molar-refractivity contribution in [3.8, 4) is 0 Å². The summed E-state index contributed by atoms with van der Waals surface area (Å²) in [6.07, 6.45) is 2.46. The number of nitrogens with one attached hydrogen (secondary N) is 1. The topological polar surface area (TPSA) is 15.3 Å². The lowest BCUT2D eigenvalue weighted by Gasteiger charge is -2.39. The smallest absolute Gasteiger partial charge is 0.0380 e. The molecule has 1 aliphatic rings. The number of hydrogen-bond donors (Lipinski definition) is 1. The molecule has 0 aliphatic carbocycles. The third kappa shape index (κ3) is 3.96. The first kappa shape index (κ1) is 14.9. The Morgan fingerprint density at radius 1 is 1.37 bits per heavy atom. The molecule has 0 bridgehead atoms. The maximum Gasteiger partial charge on any atom is 0.0380 e. The summed E-state index contributed by atoms with van der Waals surface area (Å²) in [5.74, 6) is 0.708. The molecule has 2 nitrogen and oxygen atoms in total. The second kappa shape index (κ2) is 6.76. The first-order valence-electron chi connectivity index (χ1n) is 7.35. The van der Waals surface area contributed by atoms with E-state index < -0.39 is 0 Å². The molecule has 2 rings (SSSR count). The van der Waals surface area contributed by atoms with Crippen molar-refractivity contribution in [1.82, 2.24) is 5.32 Å². The van der Waals surface area contributed by atoms with Crippen LogP contribution in [-0.4, -0.2) is 25.7 Å². The molecule has 3 heteroatoms. The van der Waals surface area contributed by atoms with E-state index in [9.17, 15) is 0 Å². The van der Waals surface area contributed by atoms with Gasteiger partial charge < -0.3 is 10.2 Å². The fraction of sp³-hybridized carbons (Fsp3) is 0.625. The highest BCUT2D eigenvalue weighted by molar-refractivity contribution is 9.10. The van der Waals surface area contributed by atoms with Crippen LogP contribution in [0.5, 0.6) is 0 Å². The molecule has 1 N–H and O–H groups in total. The summed E-state index contributed by atoms with van der Waals surface area (Å²) < 4.78 is 1.18. The van der Waals surface area contributed by atoms with Gasteiger partial charge in [-0.25, -0.2) is 0 Å². The van der Waals surface area contributed by atoms with Gasteiger partial charge >= 0.3 is 0 Å². The van der Waals surface area contributed by atoms with Crippen molar-refractivity contribution in [3.63, 3.8) is 0 Å². The first-order valence-corrected chi connectivity index (χ1v) is 8.15. The van der Waals surface area contributed by atoms with Crippen LogP contribution in [-0.2, 0) is 0 Å². The maximum absolute atomic E-state index is 3.68. The Bertz CT molecular complexity index is 399. The number of nitrogens with zero attached hydrogens (tertiary/aromatic N) is 1. The van der Waals surface area contributed by atoms with Gasteiger partial charge in [0.1, 0.15) is 0 Å². The predicted octanol–water partition coefficient (Wildman–Crippen LogP) is 3.97. The lowest BCUT2D eigenvalue weighted by atomic mass is 9.93. The number of halogens is 1. The summed E-state index contributed by atoms with van der Waals surface area (Å²) in [7, 11) is 0. The van der Waals surface area contributed by atoms with Gasteiger partial charge in [0.2, 0.25) is 0 Å². The molecular formula is C16H25BrN2. The summed E-state index contributed by atoms with van der Waals surface area (Å²) in [5, 5.41) is 3.68. The van der Waals surface area contributed by atoms with Gasteiger partial charge in [-0.2, -0.15) is 0 Å². The van der Waals surface area contributed by atoms with Gasteiger partial charge in [-0.1, -0.05) is 29.8 Å². The Kier molecular flexibility index (Phi) is 5.28. The number of rotatable bonds is 4. The van der Waals surface area contributed by atoms with E-state index in [1.54, 1.807) is 0 Å². The highest BCUT2D eigenvalue weighted by atomic mass is 79.9. The summed E-state index contributed by atoms with van der Waals surface area (Å²) >= 11 is 3.60. The van der Waals surface area contributed by atoms with E-state index in [4.69, 9.17) is 0 Å². The zero-order valence-corrected chi connectivity index (χ0v) is 13.8. The maximum atomic E-state index is 3.68. The molecular weight excluding hydrogens is 300 g/mol. The number of hydrogen-bond acceptors (Lipinski definition) is 2. The third-order valence-corrected chi connectivity index (χ3v) is 4.41. The zero-order chi connectivity index (χ0) is 13.8. The van der Waals surface area contributed by atoms with Crippen molar-refractivity contribution in [2.75, 3.05) is 24.5 Å². The number of piperidine rings is 1. The molecule has 0 amide bonds. The average molecular weight is 325 g/mol. The molecule has 0 spiro atoms. The van der Waals surface area contributed by atoms with Crippen LogP contribution in [0.2, 0.25) is 0 Å². The van der Waals surface area contributed by atoms with Crippen molar-refractivity contribution in [2.45, 2.75) is 39.7 Å². The van der Waals surface area contributed by atoms with Crippen LogP contribution in [0.4, 0.5) is 5.69 Å². The molecule has 0 saturated carbocycles. The molecule has 1 saturated heterocycles. The van der Waals surface area contributed by atoms with E-state index in [2.05, 4.69) is 65.1 Å². The molecule has 2 atom stereocenters. The average Bonchev–Trinajstić information content (AvgIpc) is 2.36. The Hall–Kier alpha value is -0.540. The Morgan fingerprint density at radius 3 is 2.79 bits per heavy atom. The van der Waals surface area contributed by atoms with Crippen LogP contribution < -0.4 is 10.2 Å². The molecule has 0 radical (unpaired) electrons. The minimum absolute atomic E-state index is 0.685. The monoisotopic (exact) mass is 324 g/mol. The summed E-state index contributed by atoms with van der Waals surface area (Å²) in [5.41, 5.74) is 2.68. The molecule has 1 fully saturated rings. The van der Waals surface area contributed by atoms with Crippen molar-refractivity contribution in [2.24, 2.45) is 5.92 Å². The number of benzene rings is 1. The Balaban J connectivity index is 2.01. The highest BCUT2D eigenvalue weighted by Gasteiger charge is 2.25. The fourth-order valence-corrected chi connectivity index (χ4v) is 3.51. The van der Waals surface area contributed by atoms with Crippen LogP contribution in [0.3, 0.4) is 0 Å². The second-order valence-electron chi connectivity index (χ2n) is 5.76. The van der Waals surface area contributed by atoms with Gasteiger partial charge in [0.05, 0.1) is 0 Å². The van der Waals surface area contributed by atoms with Gasteiger partial charge in [-0.3, -0.25) is 0 Å². The number of anilines is 1. The first-order chi connectivity index (χ1) is 9.10. The lowest BCUT2D eigenvalue weighted by molar-refractivity contribution is 0.322. The largest absolute Gasteiger partial charge is 0.371 e. The Labute approximate surface area is 125 Å². The van der Waals surface area contributed by atoms with Crippen LogP contribution in [0.1, 0.15) is 32.3 Å². The van der Waals surface area contributed by atoms with Gasteiger partial charge in [0.25, 0.3) is 0 Å². The highest BCUT2D eigenvalue weighted by Crippen LogP contribution is 2.27. The van der Waals surface area contributed by atoms with Crippen LogP contribution in [0, 0.1) is 12.8 Å². The Morgan fingerprint density at radius 2 is 2.16 bits per heavy atom. The molecule has 19 heavy (non-hydrogen) atoms. The normalized spacial score (nSPS) is 23.7. The zero-order valence-electron chi connectivity index (χ0n) is 12.2. The van der Waals surface area contributed by atoms with Crippen molar-refractivity contribution < 1.29 is 0 Å². The minimum Gasteiger partial charge on any atom is -0.371 e. The second-order valence-corrected chi connectivity index (χ2v) is 6.68. The quantitative estimate of drug-likeness (QED) is 0.901. The van der Waals surface area contributed by atoms with Crippen LogP contribution in [0.15, 0.2) is 22.7 Å². The van der Waals surface area contributed by atoms with Gasteiger partial charge in [-0.05, 0) is 56.0 Å². The van der Waals surface area contributed by atoms with Crippen molar-refractivity contribution in [3.05, 3.63) is 28.2 Å². The van der Waals surface area contributed by atoms with E-state index in [1.807, 2.05) is 0 Å². The molecule has 1 heterocycles. The van der Waals surface area contributed by atoms with E-state index >= 15 is 0 Å². The molecule has 2 unspecified atom stereocenters. The van der Waals surface area contributed by atoms with E-state index in [0.29, 0.717) is 12.0 Å². The van der Waals surface area contributed by atoms with Crippen LogP contribution >= 0.6 is 15.9 Å². The van der Waals surface area contributed by atoms with Gasteiger partial charge in [-0.15, -0.1) is 0 Å². The van der Waals surface area contributed by atoms with E-state index in [1.165, 1.54) is 28.6 Å². The standard InChI is InChI=1S/C16H25BrN2/c1-4-6-18-16-5-7-19(11-13(16)3)15-9-12(2)8-14(17)10-15/h8-10,13,16,18H,4-7,11H2,1-3H3. The SMILES string of the molecule is CCCNC1CCN(c2cc(C)cc(Br)c2)CC1C. The molecule has 1 aliphatic heterocycles. The predicted molar refractivity (Wildman–Crippen MR) is 87.0 cm³/mol. The summed E-state index contributed by atoms with van der Waals surface area (Å²) in [6.45, 7) is 10.2. The molecule has 1 aromatic rings. The van der Waals surface area contributed by atoms with E-state index in [0.717, 1.165) is 19.6 Å².